The number of benzene rings is 2. The monoisotopic (exact) mass is 287 g/mol. The number of halogens is 1. The molecular weight excluding hydrogens is 269 g/mol. The van der Waals surface area contributed by atoms with Crippen LogP contribution in [0.2, 0.25) is 0 Å². The van der Waals surface area contributed by atoms with Crippen LogP contribution in [0.15, 0.2) is 48.5 Å². The Balaban J connectivity index is 2.01. The standard InChI is InChI=1S/C17H18FNO2/c1-3-21-16-10-6-14(7-11-16)17(20)19-12(2)13-4-8-15(18)9-5-13/h4-12H,3H2,1-2H3,(H,19,20)/t12-/m1/s1. The lowest BCUT2D eigenvalue weighted by molar-refractivity contribution is 0.0940. The number of rotatable bonds is 5. The lowest BCUT2D eigenvalue weighted by Crippen LogP contribution is -2.26. The van der Waals surface area contributed by atoms with Crippen molar-refractivity contribution >= 4 is 5.91 Å². The second-order valence-corrected chi connectivity index (χ2v) is 4.70. The van der Waals surface area contributed by atoms with Crippen LogP contribution >= 0.6 is 0 Å². The Morgan fingerprint density at radius 3 is 2.33 bits per heavy atom. The lowest BCUT2D eigenvalue weighted by Gasteiger charge is -2.14. The first-order valence-corrected chi connectivity index (χ1v) is 6.89. The average Bonchev–Trinajstić information content (AvgIpc) is 2.49. The highest BCUT2D eigenvalue weighted by atomic mass is 19.1. The molecule has 0 saturated carbocycles. The molecule has 0 unspecified atom stereocenters. The smallest absolute Gasteiger partial charge is 0.251 e. The van der Waals surface area contributed by atoms with Crippen LogP contribution in [-0.4, -0.2) is 12.5 Å². The highest BCUT2D eigenvalue weighted by Crippen LogP contribution is 2.15. The quantitative estimate of drug-likeness (QED) is 0.910. The van der Waals surface area contributed by atoms with Crippen molar-refractivity contribution in [2.75, 3.05) is 6.61 Å². The van der Waals surface area contributed by atoms with E-state index in [-0.39, 0.29) is 17.8 Å². The van der Waals surface area contributed by atoms with E-state index < -0.39 is 0 Å². The largest absolute Gasteiger partial charge is 0.494 e. The van der Waals surface area contributed by atoms with Crippen molar-refractivity contribution in [3.63, 3.8) is 0 Å². The predicted octanol–water partition coefficient (Wildman–Crippen LogP) is 3.72. The van der Waals surface area contributed by atoms with Crippen molar-refractivity contribution in [2.24, 2.45) is 0 Å². The summed E-state index contributed by atoms with van der Waals surface area (Å²) in [5.74, 6) is 0.277. The third-order valence-corrected chi connectivity index (χ3v) is 3.15. The van der Waals surface area contributed by atoms with Crippen LogP contribution in [0, 0.1) is 5.82 Å². The van der Waals surface area contributed by atoms with E-state index in [1.807, 2.05) is 13.8 Å². The molecule has 3 nitrogen and oxygen atoms in total. The molecule has 0 spiro atoms. The van der Waals surface area contributed by atoms with E-state index in [1.54, 1.807) is 36.4 Å². The van der Waals surface area contributed by atoms with E-state index in [0.29, 0.717) is 12.2 Å². The summed E-state index contributed by atoms with van der Waals surface area (Å²) in [5, 5.41) is 2.88. The zero-order valence-corrected chi connectivity index (χ0v) is 12.1. The van der Waals surface area contributed by atoms with E-state index >= 15 is 0 Å². The molecule has 4 heteroatoms. The van der Waals surface area contributed by atoms with Gasteiger partial charge in [0.2, 0.25) is 0 Å². The van der Waals surface area contributed by atoms with Crippen molar-refractivity contribution in [1.29, 1.82) is 0 Å². The minimum Gasteiger partial charge on any atom is -0.494 e. The summed E-state index contributed by atoms with van der Waals surface area (Å²) in [7, 11) is 0. The summed E-state index contributed by atoms with van der Waals surface area (Å²) in [6, 6.07) is 12.9. The third kappa shape index (κ3) is 4.05. The Bertz CT molecular complexity index is 593. The van der Waals surface area contributed by atoms with Crippen molar-refractivity contribution in [2.45, 2.75) is 19.9 Å². The van der Waals surface area contributed by atoms with Crippen molar-refractivity contribution in [1.82, 2.24) is 5.32 Å². The number of ether oxygens (including phenoxy) is 1. The highest BCUT2D eigenvalue weighted by Gasteiger charge is 2.11. The number of hydrogen-bond acceptors (Lipinski definition) is 2. The van der Waals surface area contributed by atoms with E-state index in [9.17, 15) is 9.18 Å². The van der Waals surface area contributed by atoms with Gasteiger partial charge in [-0.25, -0.2) is 4.39 Å². The van der Waals surface area contributed by atoms with Gasteiger partial charge in [0, 0.05) is 5.56 Å². The van der Waals surface area contributed by atoms with Crippen LogP contribution in [0.1, 0.15) is 35.8 Å². The van der Waals surface area contributed by atoms with Crippen molar-refractivity contribution in [3.05, 3.63) is 65.5 Å². The SMILES string of the molecule is CCOc1ccc(C(=O)N[C@H](C)c2ccc(F)cc2)cc1. The fourth-order valence-electron chi connectivity index (χ4n) is 1.98. The Morgan fingerprint density at radius 2 is 1.76 bits per heavy atom. The van der Waals surface area contributed by atoms with Gasteiger partial charge in [-0.15, -0.1) is 0 Å². The van der Waals surface area contributed by atoms with Crippen molar-refractivity contribution < 1.29 is 13.9 Å². The van der Waals surface area contributed by atoms with Gasteiger partial charge >= 0.3 is 0 Å². The molecule has 0 aliphatic carbocycles. The average molecular weight is 287 g/mol. The second-order valence-electron chi connectivity index (χ2n) is 4.70. The molecular formula is C17H18FNO2. The zero-order valence-electron chi connectivity index (χ0n) is 12.1. The van der Waals surface area contributed by atoms with Gasteiger partial charge in [0.25, 0.3) is 5.91 Å². The Hall–Kier alpha value is -2.36. The Kier molecular flexibility index (Phi) is 4.93. The molecule has 0 aromatic heterocycles. The number of hydrogen-bond donors (Lipinski definition) is 1. The molecule has 1 amide bonds. The summed E-state index contributed by atoms with van der Waals surface area (Å²) in [6.45, 7) is 4.36. The van der Waals surface area contributed by atoms with Crippen LogP contribution in [0.3, 0.4) is 0 Å². The maximum atomic E-state index is 12.9. The molecule has 21 heavy (non-hydrogen) atoms. The fourth-order valence-corrected chi connectivity index (χ4v) is 1.98. The second kappa shape index (κ2) is 6.88. The van der Waals surface area contributed by atoms with E-state index in [1.165, 1.54) is 12.1 Å². The maximum absolute atomic E-state index is 12.9. The van der Waals surface area contributed by atoms with Gasteiger partial charge in [-0.3, -0.25) is 4.79 Å². The van der Waals surface area contributed by atoms with Gasteiger partial charge in [-0.1, -0.05) is 12.1 Å². The maximum Gasteiger partial charge on any atom is 0.251 e. The first-order chi connectivity index (χ1) is 10.1. The topological polar surface area (TPSA) is 38.3 Å². The normalized spacial score (nSPS) is 11.8. The van der Waals surface area contributed by atoms with E-state index in [2.05, 4.69) is 5.32 Å². The third-order valence-electron chi connectivity index (χ3n) is 3.15. The molecule has 0 aliphatic heterocycles. The highest BCUT2D eigenvalue weighted by molar-refractivity contribution is 5.94. The molecule has 0 radical (unpaired) electrons. The summed E-state index contributed by atoms with van der Waals surface area (Å²) in [6.07, 6.45) is 0. The first-order valence-electron chi connectivity index (χ1n) is 6.89. The van der Waals surface area contributed by atoms with Gasteiger partial charge in [0.05, 0.1) is 12.6 Å². The number of carbonyl (C=O) groups is 1. The van der Waals surface area contributed by atoms with Crippen LogP contribution in [0.25, 0.3) is 0 Å². The lowest BCUT2D eigenvalue weighted by atomic mass is 10.1. The van der Waals surface area contributed by atoms with Crippen LogP contribution in [-0.2, 0) is 0 Å². The summed E-state index contributed by atoms with van der Waals surface area (Å²) in [5.41, 5.74) is 1.42. The number of carbonyl (C=O) groups excluding carboxylic acids is 1. The summed E-state index contributed by atoms with van der Waals surface area (Å²) in [4.78, 5) is 12.1. The minimum absolute atomic E-state index is 0.171. The van der Waals surface area contributed by atoms with E-state index in [0.717, 1.165) is 11.3 Å². The minimum atomic E-state index is -0.288. The number of nitrogens with one attached hydrogen (secondary N) is 1. The molecule has 0 heterocycles. The van der Waals surface area contributed by atoms with Crippen molar-refractivity contribution in [3.8, 4) is 5.75 Å². The molecule has 2 rings (SSSR count). The van der Waals surface area contributed by atoms with E-state index in [4.69, 9.17) is 4.74 Å². The molecule has 110 valence electrons. The fraction of sp³-hybridized carbons (Fsp3) is 0.235. The number of amides is 1. The molecule has 2 aromatic carbocycles. The van der Waals surface area contributed by atoms with Gasteiger partial charge in [0.1, 0.15) is 11.6 Å². The van der Waals surface area contributed by atoms with Crippen LogP contribution in [0.5, 0.6) is 5.75 Å². The molecule has 0 aliphatic rings. The zero-order chi connectivity index (χ0) is 15.2. The molecule has 1 atom stereocenters. The van der Waals surface area contributed by atoms with Gasteiger partial charge < -0.3 is 10.1 Å². The van der Waals surface area contributed by atoms with Gasteiger partial charge in [0.15, 0.2) is 0 Å². The molecule has 1 N–H and O–H groups in total. The van der Waals surface area contributed by atoms with Gasteiger partial charge in [-0.05, 0) is 55.8 Å². The van der Waals surface area contributed by atoms with Gasteiger partial charge in [-0.2, -0.15) is 0 Å². The Labute approximate surface area is 123 Å². The molecule has 0 saturated heterocycles. The Morgan fingerprint density at radius 1 is 1.14 bits per heavy atom. The van der Waals surface area contributed by atoms with Crippen LogP contribution in [0.4, 0.5) is 4.39 Å². The first kappa shape index (κ1) is 15.0. The predicted molar refractivity (Wildman–Crippen MR) is 79.9 cm³/mol. The summed E-state index contributed by atoms with van der Waals surface area (Å²) >= 11 is 0. The molecule has 2 aromatic rings. The summed E-state index contributed by atoms with van der Waals surface area (Å²) < 4.78 is 18.2. The van der Waals surface area contributed by atoms with Crippen LogP contribution < -0.4 is 10.1 Å². The molecule has 0 bridgehead atoms. The molecule has 0 fully saturated rings.